The first-order chi connectivity index (χ1) is 6.27. The first kappa shape index (κ1) is 13.4. The maximum absolute atomic E-state index is 11.0. The Balaban J connectivity index is 4.43. The maximum Gasteiger partial charge on any atom is 0.211 e. The van der Waals surface area contributed by atoms with Gasteiger partial charge in [0, 0.05) is 18.6 Å². The van der Waals surface area contributed by atoms with Gasteiger partial charge in [0.1, 0.15) is 0 Å². The van der Waals surface area contributed by atoms with Crippen LogP contribution in [-0.2, 0) is 10.0 Å². The van der Waals surface area contributed by atoms with Gasteiger partial charge in [0.15, 0.2) is 0 Å². The van der Waals surface area contributed by atoms with Crippen LogP contribution >= 0.6 is 11.6 Å². The summed E-state index contributed by atoms with van der Waals surface area (Å²) >= 11 is 5.67. The largest absolute Gasteiger partial charge is 0.213 e. The van der Waals surface area contributed by atoms with Crippen molar-refractivity contribution in [1.82, 2.24) is 4.31 Å². The summed E-state index contributed by atoms with van der Waals surface area (Å²) < 4.78 is 23.3. The number of halogens is 1. The molecule has 0 atom stereocenters. The van der Waals surface area contributed by atoms with Gasteiger partial charge < -0.3 is 0 Å². The predicted octanol–water partition coefficient (Wildman–Crippen LogP) is 1.74. The second-order valence-electron chi connectivity index (χ2n) is 2.91. The molecule has 0 amide bonds. The molecule has 0 radical (unpaired) electrons. The summed E-state index contributed by atoms with van der Waals surface area (Å²) in [6.07, 6.45) is 4.18. The van der Waals surface area contributed by atoms with Crippen molar-refractivity contribution in [2.24, 2.45) is 0 Å². The molecule has 0 N–H and O–H groups in total. The molecule has 0 aliphatic carbocycles. The van der Waals surface area contributed by atoms with Crippen LogP contribution in [0.2, 0.25) is 0 Å². The zero-order valence-electron chi connectivity index (χ0n) is 8.33. The molecule has 0 aliphatic rings. The van der Waals surface area contributed by atoms with Crippen LogP contribution in [0.1, 0.15) is 0 Å². The second kappa shape index (κ2) is 5.34. The second-order valence-corrected chi connectivity index (χ2v) is 5.44. The number of sulfonamides is 1. The van der Waals surface area contributed by atoms with Crippen LogP contribution in [0.3, 0.4) is 0 Å². The van der Waals surface area contributed by atoms with Crippen LogP contribution in [-0.4, -0.2) is 32.6 Å². The molecular formula is C9H14ClNO2S. The average molecular weight is 236 g/mol. The highest BCUT2D eigenvalue weighted by Gasteiger charge is 2.10. The number of hydrogen-bond acceptors (Lipinski definition) is 2. The monoisotopic (exact) mass is 235 g/mol. The quantitative estimate of drug-likeness (QED) is 0.681. The van der Waals surface area contributed by atoms with Gasteiger partial charge in [-0.05, 0) is 11.6 Å². The van der Waals surface area contributed by atoms with Gasteiger partial charge in [-0.15, -0.1) is 0 Å². The third-order valence-corrected chi connectivity index (χ3v) is 3.05. The van der Waals surface area contributed by atoms with Crippen molar-refractivity contribution >= 4 is 21.6 Å². The Morgan fingerprint density at radius 2 is 2.07 bits per heavy atom. The highest BCUT2D eigenvalue weighted by atomic mass is 35.5. The Morgan fingerprint density at radius 3 is 2.43 bits per heavy atom. The molecule has 0 aromatic heterocycles. The smallest absolute Gasteiger partial charge is 0.211 e. The summed E-state index contributed by atoms with van der Waals surface area (Å²) in [6.45, 7) is 7.37. The highest BCUT2D eigenvalue weighted by Crippen LogP contribution is 2.08. The molecule has 0 bridgehead atoms. The predicted molar refractivity (Wildman–Crippen MR) is 60.7 cm³/mol. The normalized spacial score (nSPS) is 13.0. The average Bonchev–Trinajstić information content (AvgIpc) is 2.02. The van der Waals surface area contributed by atoms with Gasteiger partial charge in [-0.25, -0.2) is 12.7 Å². The molecule has 0 saturated heterocycles. The van der Waals surface area contributed by atoms with Crippen molar-refractivity contribution in [2.45, 2.75) is 0 Å². The highest BCUT2D eigenvalue weighted by molar-refractivity contribution is 7.88. The minimum absolute atomic E-state index is 0.225. The molecule has 0 aromatic rings. The molecule has 0 aliphatic heterocycles. The van der Waals surface area contributed by atoms with Gasteiger partial charge in [0.25, 0.3) is 0 Å². The minimum atomic E-state index is -3.17. The van der Waals surface area contributed by atoms with Crippen molar-refractivity contribution in [3.63, 3.8) is 0 Å². The van der Waals surface area contributed by atoms with Gasteiger partial charge in [-0.3, -0.25) is 0 Å². The van der Waals surface area contributed by atoms with Gasteiger partial charge in [-0.1, -0.05) is 30.8 Å². The first-order valence-electron chi connectivity index (χ1n) is 3.86. The van der Waals surface area contributed by atoms with Gasteiger partial charge in [0.05, 0.1) is 6.26 Å². The van der Waals surface area contributed by atoms with E-state index in [0.717, 1.165) is 6.26 Å². The SMILES string of the molecule is C=C/C(Cl)=C\C(=C)CN(C)S(C)(=O)=O. The van der Waals surface area contributed by atoms with Crippen LogP contribution in [0, 0.1) is 0 Å². The Morgan fingerprint density at radius 1 is 1.57 bits per heavy atom. The summed E-state index contributed by atoms with van der Waals surface area (Å²) in [7, 11) is -1.68. The first-order valence-corrected chi connectivity index (χ1v) is 6.08. The molecule has 5 heteroatoms. The van der Waals surface area contributed by atoms with Crippen LogP contribution in [0.25, 0.3) is 0 Å². The van der Waals surface area contributed by atoms with Crippen molar-refractivity contribution in [3.05, 3.63) is 35.9 Å². The lowest BCUT2D eigenvalue weighted by molar-refractivity contribution is 0.501. The molecule has 0 spiro atoms. The maximum atomic E-state index is 11.0. The number of nitrogens with zero attached hydrogens (tertiary/aromatic N) is 1. The van der Waals surface area contributed by atoms with E-state index >= 15 is 0 Å². The van der Waals surface area contributed by atoms with Gasteiger partial charge in [-0.2, -0.15) is 0 Å². The minimum Gasteiger partial charge on any atom is -0.213 e. The molecule has 0 saturated carbocycles. The topological polar surface area (TPSA) is 37.4 Å². The standard InChI is InChI=1S/C9H14ClNO2S/c1-5-9(10)6-8(2)7-11(3)14(4,12)13/h5-6H,1-2,7H2,3-4H3/b9-6+. The van der Waals surface area contributed by atoms with E-state index in [9.17, 15) is 8.42 Å². The lowest BCUT2D eigenvalue weighted by atomic mass is 10.3. The van der Waals surface area contributed by atoms with Gasteiger partial charge >= 0.3 is 0 Å². The molecule has 0 aromatic carbocycles. The molecule has 3 nitrogen and oxygen atoms in total. The lowest BCUT2D eigenvalue weighted by Gasteiger charge is -2.13. The number of allylic oxidation sites excluding steroid dienone is 2. The van der Waals surface area contributed by atoms with E-state index < -0.39 is 10.0 Å². The fraction of sp³-hybridized carbons (Fsp3) is 0.333. The molecule has 0 heterocycles. The third kappa shape index (κ3) is 5.21. The molecule has 80 valence electrons. The third-order valence-electron chi connectivity index (χ3n) is 1.53. The van der Waals surface area contributed by atoms with Crippen LogP contribution < -0.4 is 0 Å². The van der Waals surface area contributed by atoms with E-state index in [-0.39, 0.29) is 6.54 Å². The molecule has 0 rings (SSSR count). The Bertz CT molecular complexity index is 357. The summed E-state index contributed by atoms with van der Waals surface area (Å²) in [5.74, 6) is 0. The van der Waals surface area contributed by atoms with E-state index in [4.69, 9.17) is 11.6 Å². The number of hydrogen-bond donors (Lipinski definition) is 0. The van der Waals surface area contributed by atoms with Crippen LogP contribution in [0.15, 0.2) is 35.9 Å². The molecule has 14 heavy (non-hydrogen) atoms. The lowest BCUT2D eigenvalue weighted by Crippen LogP contribution is -2.27. The van der Waals surface area contributed by atoms with E-state index in [2.05, 4.69) is 13.2 Å². The van der Waals surface area contributed by atoms with Crippen LogP contribution in [0.5, 0.6) is 0 Å². The van der Waals surface area contributed by atoms with E-state index in [0.29, 0.717) is 10.6 Å². The van der Waals surface area contributed by atoms with E-state index in [1.807, 2.05) is 0 Å². The Kier molecular flexibility index (Phi) is 5.12. The van der Waals surface area contributed by atoms with E-state index in [1.54, 1.807) is 6.08 Å². The van der Waals surface area contributed by atoms with Crippen molar-refractivity contribution < 1.29 is 8.42 Å². The van der Waals surface area contributed by atoms with Crippen LogP contribution in [0.4, 0.5) is 0 Å². The molecule has 0 unspecified atom stereocenters. The number of rotatable bonds is 5. The molecular weight excluding hydrogens is 222 g/mol. The zero-order valence-corrected chi connectivity index (χ0v) is 9.90. The summed E-state index contributed by atoms with van der Waals surface area (Å²) in [5.41, 5.74) is 0.614. The van der Waals surface area contributed by atoms with Gasteiger partial charge in [0.2, 0.25) is 10.0 Å². The number of likely N-dealkylation sites (N-methyl/N-ethyl adjacent to an activating group) is 1. The zero-order chi connectivity index (χ0) is 11.4. The fourth-order valence-electron chi connectivity index (χ4n) is 0.703. The Labute approximate surface area is 90.4 Å². The summed E-state index contributed by atoms with van der Waals surface area (Å²) in [4.78, 5) is 0. The molecule has 0 fully saturated rings. The van der Waals surface area contributed by atoms with Crippen molar-refractivity contribution in [1.29, 1.82) is 0 Å². The Hall–Kier alpha value is -0.580. The van der Waals surface area contributed by atoms with Crippen molar-refractivity contribution in [2.75, 3.05) is 19.8 Å². The van der Waals surface area contributed by atoms with Crippen molar-refractivity contribution in [3.8, 4) is 0 Å². The summed E-state index contributed by atoms with van der Waals surface area (Å²) in [6, 6.07) is 0. The van der Waals surface area contributed by atoms with E-state index in [1.165, 1.54) is 17.4 Å². The fourth-order valence-corrected chi connectivity index (χ4v) is 1.26. The summed E-state index contributed by atoms with van der Waals surface area (Å²) in [5, 5.41) is 0.442.